The lowest BCUT2D eigenvalue weighted by molar-refractivity contribution is -0.137. The van der Waals surface area contributed by atoms with E-state index < -0.39 is 5.97 Å². The molecular formula is C14H13NO4S2. The van der Waals surface area contributed by atoms with Crippen LogP contribution in [0.15, 0.2) is 29.2 Å². The van der Waals surface area contributed by atoms with Crippen molar-refractivity contribution in [3.8, 4) is 5.75 Å². The summed E-state index contributed by atoms with van der Waals surface area (Å²) in [5, 5.41) is 18.0. The second-order valence-electron chi connectivity index (χ2n) is 4.43. The quantitative estimate of drug-likeness (QED) is 0.640. The summed E-state index contributed by atoms with van der Waals surface area (Å²) in [7, 11) is 0. The number of rotatable bonds is 5. The fraction of sp³-hybridized carbons (Fsp3) is 0.214. The second kappa shape index (κ2) is 6.73. The number of amides is 1. The summed E-state index contributed by atoms with van der Waals surface area (Å²) in [5.74, 6) is -0.991. The largest absolute Gasteiger partial charge is 0.508 e. The Bertz CT molecular complexity index is 627. The Morgan fingerprint density at radius 3 is 2.86 bits per heavy atom. The maximum absolute atomic E-state index is 12.2. The molecule has 1 fully saturated rings. The molecule has 1 aliphatic heterocycles. The molecule has 2 N–H and O–H groups in total. The van der Waals surface area contributed by atoms with Gasteiger partial charge in [-0.1, -0.05) is 36.1 Å². The highest BCUT2D eigenvalue weighted by Gasteiger charge is 2.31. The van der Waals surface area contributed by atoms with E-state index in [1.807, 2.05) is 0 Å². The average Bonchev–Trinajstić information content (AvgIpc) is 2.66. The number of nitrogens with zero attached hydrogens (tertiary/aromatic N) is 1. The topological polar surface area (TPSA) is 77.8 Å². The highest BCUT2D eigenvalue weighted by atomic mass is 32.2. The van der Waals surface area contributed by atoms with Crippen molar-refractivity contribution in [2.24, 2.45) is 0 Å². The molecule has 0 saturated carbocycles. The molecule has 0 bridgehead atoms. The van der Waals surface area contributed by atoms with E-state index in [0.29, 0.717) is 27.8 Å². The molecule has 1 amide bonds. The van der Waals surface area contributed by atoms with Gasteiger partial charge in [0, 0.05) is 13.0 Å². The molecule has 1 aromatic rings. The van der Waals surface area contributed by atoms with Crippen LogP contribution >= 0.6 is 24.0 Å². The van der Waals surface area contributed by atoms with Gasteiger partial charge in [-0.2, -0.15) is 0 Å². The Balaban J connectivity index is 2.08. The molecular weight excluding hydrogens is 310 g/mol. The maximum Gasteiger partial charge on any atom is 0.303 e. The number of benzene rings is 1. The summed E-state index contributed by atoms with van der Waals surface area (Å²) in [6, 6.07) is 6.57. The summed E-state index contributed by atoms with van der Waals surface area (Å²) >= 11 is 6.33. The Hall–Kier alpha value is -1.86. The van der Waals surface area contributed by atoms with Crippen molar-refractivity contribution in [2.45, 2.75) is 12.8 Å². The number of carbonyl (C=O) groups excluding carboxylic acids is 1. The van der Waals surface area contributed by atoms with Crippen LogP contribution in [-0.4, -0.2) is 37.9 Å². The third-order valence-corrected chi connectivity index (χ3v) is 4.19. The van der Waals surface area contributed by atoms with E-state index in [1.54, 1.807) is 30.3 Å². The summed E-state index contributed by atoms with van der Waals surface area (Å²) in [5.41, 5.74) is 0.709. The van der Waals surface area contributed by atoms with Crippen LogP contribution in [0.2, 0.25) is 0 Å². The SMILES string of the molecule is O=C(O)CCCN1C(=O)/C(=C/c2cccc(O)c2)SC1=S. The first-order chi connectivity index (χ1) is 9.97. The average molecular weight is 323 g/mol. The number of carboxylic acids is 1. The van der Waals surface area contributed by atoms with Gasteiger partial charge < -0.3 is 10.2 Å². The van der Waals surface area contributed by atoms with E-state index in [9.17, 15) is 14.7 Å². The molecule has 1 saturated heterocycles. The Kier molecular flexibility index (Phi) is 4.98. The van der Waals surface area contributed by atoms with Crippen LogP contribution < -0.4 is 0 Å². The fourth-order valence-electron chi connectivity index (χ4n) is 1.85. The van der Waals surface area contributed by atoms with Crippen LogP contribution in [0.4, 0.5) is 0 Å². The number of carboxylic acid groups (broad SMARTS) is 1. The minimum Gasteiger partial charge on any atom is -0.508 e. The number of phenolic OH excluding ortho intramolecular Hbond substituents is 1. The van der Waals surface area contributed by atoms with E-state index in [1.165, 1.54) is 16.7 Å². The van der Waals surface area contributed by atoms with E-state index in [2.05, 4.69) is 0 Å². The van der Waals surface area contributed by atoms with Crippen molar-refractivity contribution in [2.75, 3.05) is 6.54 Å². The molecule has 21 heavy (non-hydrogen) atoms. The number of phenols is 1. The molecule has 2 rings (SSSR count). The molecule has 0 aromatic heterocycles. The van der Waals surface area contributed by atoms with Crippen LogP contribution in [0.5, 0.6) is 5.75 Å². The van der Waals surface area contributed by atoms with Gasteiger partial charge in [-0.25, -0.2) is 0 Å². The minimum absolute atomic E-state index is 0.00264. The van der Waals surface area contributed by atoms with Crippen molar-refractivity contribution < 1.29 is 19.8 Å². The fourth-order valence-corrected chi connectivity index (χ4v) is 3.16. The predicted octanol–water partition coefficient (Wildman–Crippen LogP) is 2.46. The van der Waals surface area contributed by atoms with Gasteiger partial charge in [0.2, 0.25) is 0 Å². The normalized spacial score (nSPS) is 16.8. The van der Waals surface area contributed by atoms with E-state index in [-0.39, 0.29) is 18.1 Å². The van der Waals surface area contributed by atoms with Crippen LogP contribution in [0, 0.1) is 0 Å². The summed E-state index contributed by atoms with van der Waals surface area (Å²) in [6.07, 6.45) is 2.03. The summed E-state index contributed by atoms with van der Waals surface area (Å²) in [6.45, 7) is 0.300. The zero-order valence-electron chi connectivity index (χ0n) is 11.0. The molecule has 0 atom stereocenters. The number of thioether (sulfide) groups is 1. The van der Waals surface area contributed by atoms with Crippen LogP contribution in [0.3, 0.4) is 0 Å². The summed E-state index contributed by atoms with van der Waals surface area (Å²) < 4.78 is 0.428. The van der Waals surface area contributed by atoms with Gasteiger partial charge in [-0.15, -0.1) is 0 Å². The van der Waals surface area contributed by atoms with Crippen molar-refractivity contribution in [1.82, 2.24) is 4.90 Å². The molecule has 1 heterocycles. The van der Waals surface area contributed by atoms with Crippen molar-refractivity contribution in [3.63, 3.8) is 0 Å². The van der Waals surface area contributed by atoms with E-state index >= 15 is 0 Å². The van der Waals surface area contributed by atoms with Gasteiger partial charge in [0.25, 0.3) is 5.91 Å². The highest BCUT2D eigenvalue weighted by Crippen LogP contribution is 2.33. The van der Waals surface area contributed by atoms with Crippen LogP contribution in [0.1, 0.15) is 18.4 Å². The Morgan fingerprint density at radius 2 is 2.19 bits per heavy atom. The summed E-state index contributed by atoms with van der Waals surface area (Å²) in [4.78, 5) is 24.6. The number of aliphatic carboxylic acids is 1. The van der Waals surface area contributed by atoms with Gasteiger partial charge in [0.05, 0.1) is 4.91 Å². The monoisotopic (exact) mass is 323 g/mol. The van der Waals surface area contributed by atoms with Gasteiger partial charge in [-0.05, 0) is 30.2 Å². The first-order valence-corrected chi connectivity index (χ1v) is 7.46. The molecule has 0 aliphatic carbocycles. The molecule has 1 aliphatic rings. The van der Waals surface area contributed by atoms with Crippen molar-refractivity contribution >= 4 is 46.3 Å². The van der Waals surface area contributed by atoms with E-state index in [0.717, 1.165) is 0 Å². The molecule has 1 aromatic carbocycles. The van der Waals surface area contributed by atoms with Gasteiger partial charge in [0.15, 0.2) is 0 Å². The third-order valence-electron chi connectivity index (χ3n) is 2.81. The smallest absolute Gasteiger partial charge is 0.303 e. The molecule has 110 valence electrons. The molecule has 0 spiro atoms. The lowest BCUT2D eigenvalue weighted by Gasteiger charge is -2.13. The first-order valence-electron chi connectivity index (χ1n) is 6.23. The zero-order chi connectivity index (χ0) is 15.4. The van der Waals surface area contributed by atoms with Gasteiger partial charge in [-0.3, -0.25) is 14.5 Å². The second-order valence-corrected chi connectivity index (χ2v) is 6.10. The number of hydrogen-bond donors (Lipinski definition) is 2. The molecule has 7 heteroatoms. The van der Waals surface area contributed by atoms with Crippen molar-refractivity contribution in [1.29, 1.82) is 0 Å². The molecule has 0 radical (unpaired) electrons. The predicted molar refractivity (Wildman–Crippen MR) is 84.9 cm³/mol. The minimum atomic E-state index is -0.893. The van der Waals surface area contributed by atoms with Gasteiger partial charge in [0.1, 0.15) is 10.1 Å². The van der Waals surface area contributed by atoms with Crippen LogP contribution in [-0.2, 0) is 9.59 Å². The standard InChI is InChI=1S/C14H13NO4S2/c16-10-4-1-3-9(7-10)8-11-13(19)15(14(20)21-11)6-2-5-12(17)18/h1,3-4,7-8,16H,2,5-6H2,(H,17,18)/b11-8-. The number of aromatic hydroxyl groups is 1. The lowest BCUT2D eigenvalue weighted by Crippen LogP contribution is -2.29. The number of thiocarbonyl (C=S) groups is 1. The van der Waals surface area contributed by atoms with Crippen molar-refractivity contribution in [3.05, 3.63) is 34.7 Å². The third kappa shape index (κ3) is 4.05. The maximum atomic E-state index is 12.2. The Morgan fingerprint density at radius 1 is 1.43 bits per heavy atom. The molecule has 0 unspecified atom stereocenters. The number of carbonyl (C=O) groups is 2. The number of hydrogen-bond acceptors (Lipinski definition) is 5. The molecule has 5 nitrogen and oxygen atoms in total. The zero-order valence-corrected chi connectivity index (χ0v) is 12.6. The lowest BCUT2D eigenvalue weighted by atomic mass is 10.2. The van der Waals surface area contributed by atoms with E-state index in [4.69, 9.17) is 17.3 Å². The van der Waals surface area contributed by atoms with Crippen LogP contribution in [0.25, 0.3) is 6.08 Å². The highest BCUT2D eigenvalue weighted by molar-refractivity contribution is 8.26. The Labute approximate surface area is 131 Å². The van der Waals surface area contributed by atoms with Gasteiger partial charge >= 0.3 is 5.97 Å². The first kappa shape index (κ1) is 15.5.